The molecule has 0 unspecified atom stereocenters. The first-order valence-electron chi connectivity index (χ1n) is 5.35. The maximum Gasteiger partial charge on any atom is 0.242 e. The standard InChI is InChI=1S/C11H17N3O2/c1-2-3-5-8(12)11(16)14-10-9(15)6-4-7-13-10/h4,6-8,15H,2-3,5,12H2,1H3,(H,13,14,16)/t8-/m0/s1. The van der Waals surface area contributed by atoms with Gasteiger partial charge in [0.05, 0.1) is 6.04 Å². The SMILES string of the molecule is CCCC[C@H](N)C(=O)Nc1ncccc1O. The molecule has 1 aromatic heterocycles. The molecule has 88 valence electrons. The third kappa shape index (κ3) is 3.51. The van der Waals surface area contributed by atoms with Gasteiger partial charge < -0.3 is 16.2 Å². The van der Waals surface area contributed by atoms with E-state index in [0.717, 1.165) is 12.8 Å². The van der Waals surface area contributed by atoms with Gasteiger partial charge in [0.2, 0.25) is 5.91 Å². The van der Waals surface area contributed by atoms with Gasteiger partial charge in [-0.2, -0.15) is 0 Å². The Kier molecular flexibility index (Phi) is 4.72. The maximum atomic E-state index is 11.6. The molecule has 0 aliphatic carbocycles. The number of carbonyl (C=O) groups excluding carboxylic acids is 1. The number of pyridine rings is 1. The van der Waals surface area contributed by atoms with Crippen LogP contribution in [-0.2, 0) is 4.79 Å². The van der Waals surface area contributed by atoms with Crippen LogP contribution in [0.15, 0.2) is 18.3 Å². The number of nitrogens with two attached hydrogens (primary N) is 1. The number of anilines is 1. The van der Waals surface area contributed by atoms with Crippen molar-refractivity contribution in [1.82, 2.24) is 4.98 Å². The molecule has 1 rings (SSSR count). The zero-order valence-electron chi connectivity index (χ0n) is 9.31. The number of hydrogen-bond acceptors (Lipinski definition) is 4. The predicted molar refractivity (Wildman–Crippen MR) is 62.0 cm³/mol. The van der Waals surface area contributed by atoms with Crippen molar-refractivity contribution in [2.24, 2.45) is 5.73 Å². The van der Waals surface area contributed by atoms with Crippen LogP contribution in [0.2, 0.25) is 0 Å². The van der Waals surface area contributed by atoms with Gasteiger partial charge in [0.1, 0.15) is 0 Å². The second-order valence-electron chi connectivity index (χ2n) is 3.61. The van der Waals surface area contributed by atoms with E-state index in [2.05, 4.69) is 10.3 Å². The largest absolute Gasteiger partial charge is 0.504 e. The van der Waals surface area contributed by atoms with Crippen molar-refractivity contribution in [2.45, 2.75) is 32.2 Å². The van der Waals surface area contributed by atoms with Crippen molar-refractivity contribution in [3.8, 4) is 5.75 Å². The molecular formula is C11H17N3O2. The lowest BCUT2D eigenvalue weighted by Crippen LogP contribution is -2.35. The zero-order chi connectivity index (χ0) is 12.0. The predicted octanol–water partition coefficient (Wildman–Crippen LogP) is 1.24. The number of carbonyl (C=O) groups is 1. The highest BCUT2D eigenvalue weighted by molar-refractivity contribution is 5.94. The van der Waals surface area contributed by atoms with Gasteiger partial charge in [-0.05, 0) is 18.6 Å². The van der Waals surface area contributed by atoms with E-state index in [0.29, 0.717) is 6.42 Å². The first-order chi connectivity index (χ1) is 7.65. The smallest absolute Gasteiger partial charge is 0.242 e. The van der Waals surface area contributed by atoms with Crippen LogP contribution in [0.5, 0.6) is 5.75 Å². The van der Waals surface area contributed by atoms with Crippen LogP contribution in [0.25, 0.3) is 0 Å². The monoisotopic (exact) mass is 223 g/mol. The number of amides is 1. The summed E-state index contributed by atoms with van der Waals surface area (Å²) < 4.78 is 0. The van der Waals surface area contributed by atoms with Crippen molar-refractivity contribution in [3.05, 3.63) is 18.3 Å². The molecular weight excluding hydrogens is 206 g/mol. The van der Waals surface area contributed by atoms with E-state index in [-0.39, 0.29) is 17.5 Å². The average Bonchev–Trinajstić information content (AvgIpc) is 2.28. The molecule has 0 aliphatic heterocycles. The number of hydrogen-bond donors (Lipinski definition) is 3. The number of nitrogens with zero attached hydrogens (tertiary/aromatic N) is 1. The number of unbranched alkanes of at least 4 members (excludes halogenated alkanes) is 1. The Morgan fingerprint density at radius 1 is 1.69 bits per heavy atom. The van der Waals surface area contributed by atoms with Gasteiger partial charge in [0.25, 0.3) is 0 Å². The van der Waals surface area contributed by atoms with E-state index in [1.807, 2.05) is 6.92 Å². The summed E-state index contributed by atoms with van der Waals surface area (Å²) in [6.45, 7) is 2.04. The molecule has 0 aromatic carbocycles. The van der Waals surface area contributed by atoms with E-state index in [1.165, 1.54) is 12.3 Å². The molecule has 1 atom stereocenters. The molecule has 1 heterocycles. The molecule has 0 spiro atoms. The van der Waals surface area contributed by atoms with Gasteiger partial charge in [-0.1, -0.05) is 19.8 Å². The van der Waals surface area contributed by atoms with E-state index < -0.39 is 6.04 Å². The van der Waals surface area contributed by atoms with E-state index in [1.54, 1.807) is 6.07 Å². The van der Waals surface area contributed by atoms with Gasteiger partial charge in [-0.25, -0.2) is 4.98 Å². The van der Waals surface area contributed by atoms with Crippen LogP contribution < -0.4 is 11.1 Å². The van der Waals surface area contributed by atoms with Gasteiger partial charge in [0, 0.05) is 6.20 Å². The molecule has 1 amide bonds. The molecule has 0 aliphatic rings. The fourth-order valence-corrected chi connectivity index (χ4v) is 1.26. The Morgan fingerprint density at radius 3 is 3.06 bits per heavy atom. The highest BCUT2D eigenvalue weighted by atomic mass is 16.3. The quantitative estimate of drug-likeness (QED) is 0.700. The number of aromatic nitrogens is 1. The minimum Gasteiger partial charge on any atom is -0.504 e. The summed E-state index contributed by atoms with van der Waals surface area (Å²) in [5.41, 5.74) is 5.68. The lowest BCUT2D eigenvalue weighted by Gasteiger charge is -2.11. The highest BCUT2D eigenvalue weighted by Gasteiger charge is 2.14. The molecule has 16 heavy (non-hydrogen) atoms. The van der Waals surface area contributed by atoms with E-state index in [9.17, 15) is 9.90 Å². The van der Waals surface area contributed by atoms with Gasteiger partial charge in [-0.15, -0.1) is 0 Å². The maximum absolute atomic E-state index is 11.6. The summed E-state index contributed by atoms with van der Waals surface area (Å²) in [5.74, 6) is -0.222. The molecule has 0 saturated carbocycles. The highest BCUT2D eigenvalue weighted by Crippen LogP contribution is 2.18. The van der Waals surface area contributed by atoms with E-state index in [4.69, 9.17) is 5.73 Å². The van der Waals surface area contributed by atoms with Crippen LogP contribution >= 0.6 is 0 Å². The average molecular weight is 223 g/mol. The second-order valence-corrected chi connectivity index (χ2v) is 3.61. The van der Waals surface area contributed by atoms with Crippen molar-refractivity contribution in [1.29, 1.82) is 0 Å². The van der Waals surface area contributed by atoms with Crippen LogP contribution in [-0.4, -0.2) is 22.0 Å². The van der Waals surface area contributed by atoms with E-state index >= 15 is 0 Å². The van der Waals surface area contributed by atoms with Gasteiger partial charge in [0.15, 0.2) is 11.6 Å². The third-order valence-electron chi connectivity index (χ3n) is 2.23. The Labute approximate surface area is 94.7 Å². The molecule has 0 radical (unpaired) electrons. The van der Waals surface area contributed by atoms with Crippen molar-refractivity contribution in [3.63, 3.8) is 0 Å². The van der Waals surface area contributed by atoms with Gasteiger partial charge >= 0.3 is 0 Å². The number of rotatable bonds is 5. The molecule has 5 nitrogen and oxygen atoms in total. The fraction of sp³-hybridized carbons (Fsp3) is 0.455. The number of nitrogens with one attached hydrogen (secondary N) is 1. The Hall–Kier alpha value is -1.62. The number of aromatic hydroxyl groups is 1. The van der Waals surface area contributed by atoms with Crippen molar-refractivity contribution in [2.75, 3.05) is 5.32 Å². The minimum atomic E-state index is -0.554. The van der Waals surface area contributed by atoms with Crippen LogP contribution in [0.1, 0.15) is 26.2 Å². The molecule has 4 N–H and O–H groups in total. The van der Waals surface area contributed by atoms with Crippen molar-refractivity contribution >= 4 is 11.7 Å². The Morgan fingerprint density at radius 2 is 2.44 bits per heavy atom. The topological polar surface area (TPSA) is 88.2 Å². The summed E-state index contributed by atoms with van der Waals surface area (Å²) >= 11 is 0. The molecule has 0 saturated heterocycles. The molecule has 0 bridgehead atoms. The lowest BCUT2D eigenvalue weighted by atomic mass is 10.1. The van der Waals surface area contributed by atoms with Crippen LogP contribution in [0.4, 0.5) is 5.82 Å². The molecule has 1 aromatic rings. The third-order valence-corrected chi connectivity index (χ3v) is 2.23. The summed E-state index contributed by atoms with van der Waals surface area (Å²) in [4.78, 5) is 15.4. The zero-order valence-corrected chi connectivity index (χ0v) is 9.31. The normalized spacial score (nSPS) is 12.1. The second kappa shape index (κ2) is 6.07. The molecule has 0 fully saturated rings. The summed E-state index contributed by atoms with van der Waals surface area (Å²) in [6, 6.07) is 2.49. The Bertz CT molecular complexity index is 355. The van der Waals surface area contributed by atoms with Crippen LogP contribution in [0.3, 0.4) is 0 Å². The first-order valence-corrected chi connectivity index (χ1v) is 5.35. The lowest BCUT2D eigenvalue weighted by molar-refractivity contribution is -0.117. The summed E-state index contributed by atoms with van der Waals surface area (Å²) in [6.07, 6.45) is 4.03. The Balaban J connectivity index is 2.54. The first kappa shape index (κ1) is 12.4. The minimum absolute atomic E-state index is 0.0569. The summed E-state index contributed by atoms with van der Waals surface area (Å²) in [7, 11) is 0. The fourth-order valence-electron chi connectivity index (χ4n) is 1.26. The van der Waals surface area contributed by atoms with Crippen molar-refractivity contribution < 1.29 is 9.90 Å². The summed E-state index contributed by atoms with van der Waals surface area (Å²) in [5, 5.41) is 11.9. The van der Waals surface area contributed by atoms with Gasteiger partial charge in [-0.3, -0.25) is 4.79 Å². The van der Waals surface area contributed by atoms with Crippen LogP contribution in [0, 0.1) is 0 Å². The molecule has 5 heteroatoms.